The van der Waals surface area contributed by atoms with E-state index in [0.717, 1.165) is 30.7 Å². The van der Waals surface area contributed by atoms with Gasteiger partial charge in [-0.1, -0.05) is 6.42 Å². The molecule has 0 spiro atoms. The molecule has 1 unspecified atom stereocenters. The van der Waals surface area contributed by atoms with Gasteiger partial charge in [0.1, 0.15) is 11.9 Å². The molecule has 2 heterocycles. The normalized spacial score (nSPS) is 19.0. The Morgan fingerprint density at radius 1 is 1.33 bits per heavy atom. The largest absolute Gasteiger partial charge is 0.480 e. The third-order valence-corrected chi connectivity index (χ3v) is 6.95. The quantitative estimate of drug-likeness (QED) is 0.802. The Morgan fingerprint density at radius 3 is 2.70 bits per heavy atom. The molecule has 27 heavy (non-hydrogen) atoms. The molecule has 1 saturated heterocycles. The standard InChI is InChI=1S/C18H26N4O4S/c1-4-22-15-9-8-13(27(25,26)20(2)3)11-14(15)19-17(22)12-21-10-6-5-7-16(21)18(23)24/h8-9,11,16H,4-7,10,12H2,1-3H3,(H,23,24). The predicted octanol–water partition coefficient (Wildman–Crippen LogP) is 1.75. The zero-order valence-electron chi connectivity index (χ0n) is 15.9. The van der Waals surface area contributed by atoms with Crippen LogP contribution in [0.2, 0.25) is 0 Å². The van der Waals surface area contributed by atoms with Crippen molar-refractivity contribution in [2.75, 3.05) is 20.6 Å². The Bertz CT molecular complexity index is 952. The van der Waals surface area contributed by atoms with Crippen molar-refractivity contribution >= 4 is 27.0 Å². The number of carbonyl (C=O) groups is 1. The van der Waals surface area contributed by atoms with Crippen molar-refractivity contribution in [1.29, 1.82) is 0 Å². The summed E-state index contributed by atoms with van der Waals surface area (Å²) >= 11 is 0. The van der Waals surface area contributed by atoms with E-state index in [9.17, 15) is 18.3 Å². The molecule has 3 rings (SSSR count). The topological polar surface area (TPSA) is 95.7 Å². The van der Waals surface area contributed by atoms with Crippen LogP contribution in [0.15, 0.2) is 23.1 Å². The van der Waals surface area contributed by atoms with Gasteiger partial charge in [0.05, 0.1) is 22.5 Å². The number of carboxylic acid groups (broad SMARTS) is 1. The van der Waals surface area contributed by atoms with Gasteiger partial charge in [0.25, 0.3) is 0 Å². The number of aromatic nitrogens is 2. The smallest absolute Gasteiger partial charge is 0.320 e. The van der Waals surface area contributed by atoms with E-state index in [-0.39, 0.29) is 4.90 Å². The molecular formula is C18H26N4O4S. The number of fused-ring (bicyclic) bond motifs is 1. The third kappa shape index (κ3) is 3.71. The van der Waals surface area contributed by atoms with Gasteiger partial charge in [-0.05, 0) is 44.5 Å². The van der Waals surface area contributed by atoms with Crippen LogP contribution in [-0.4, -0.2) is 64.9 Å². The molecule has 1 N–H and O–H groups in total. The van der Waals surface area contributed by atoms with Gasteiger partial charge in [-0.3, -0.25) is 9.69 Å². The predicted molar refractivity (Wildman–Crippen MR) is 102 cm³/mol. The number of benzene rings is 1. The first-order valence-electron chi connectivity index (χ1n) is 9.14. The molecule has 1 fully saturated rings. The van der Waals surface area contributed by atoms with Crippen molar-refractivity contribution < 1.29 is 18.3 Å². The van der Waals surface area contributed by atoms with E-state index in [2.05, 4.69) is 4.98 Å². The zero-order valence-corrected chi connectivity index (χ0v) is 16.7. The molecule has 0 amide bonds. The third-order valence-electron chi connectivity index (χ3n) is 5.14. The van der Waals surface area contributed by atoms with E-state index in [1.165, 1.54) is 18.4 Å². The fraction of sp³-hybridized carbons (Fsp3) is 0.556. The van der Waals surface area contributed by atoms with Crippen LogP contribution in [0.25, 0.3) is 11.0 Å². The Balaban J connectivity index is 1.99. The second kappa shape index (κ2) is 7.57. The van der Waals surface area contributed by atoms with E-state index >= 15 is 0 Å². The number of aliphatic carboxylic acids is 1. The molecule has 0 aliphatic carbocycles. The number of sulfonamides is 1. The number of rotatable bonds is 6. The second-order valence-corrected chi connectivity index (χ2v) is 9.18. The Hall–Kier alpha value is -1.97. The summed E-state index contributed by atoms with van der Waals surface area (Å²) in [6.45, 7) is 3.84. The average molecular weight is 394 g/mol. The van der Waals surface area contributed by atoms with Crippen LogP contribution < -0.4 is 0 Å². The minimum atomic E-state index is -3.53. The van der Waals surface area contributed by atoms with Gasteiger partial charge >= 0.3 is 5.97 Å². The van der Waals surface area contributed by atoms with Crippen LogP contribution in [0.3, 0.4) is 0 Å². The number of carboxylic acids is 1. The van der Waals surface area contributed by atoms with Crippen molar-refractivity contribution in [3.05, 3.63) is 24.0 Å². The van der Waals surface area contributed by atoms with E-state index in [4.69, 9.17) is 0 Å². The molecule has 148 valence electrons. The van der Waals surface area contributed by atoms with Crippen molar-refractivity contribution in [1.82, 2.24) is 18.8 Å². The number of piperidine rings is 1. The molecule has 0 saturated carbocycles. The summed E-state index contributed by atoms with van der Waals surface area (Å²) in [7, 11) is -0.534. The summed E-state index contributed by atoms with van der Waals surface area (Å²) in [5, 5.41) is 9.49. The molecule has 2 aromatic rings. The molecule has 8 nitrogen and oxygen atoms in total. The molecule has 1 atom stereocenters. The summed E-state index contributed by atoms with van der Waals surface area (Å²) in [5.41, 5.74) is 1.47. The summed E-state index contributed by atoms with van der Waals surface area (Å²) in [6.07, 6.45) is 2.54. The van der Waals surface area contributed by atoms with Crippen LogP contribution in [-0.2, 0) is 27.9 Å². The van der Waals surface area contributed by atoms with Crippen molar-refractivity contribution in [3.63, 3.8) is 0 Å². The Kier molecular flexibility index (Phi) is 5.55. The molecule has 1 aromatic heterocycles. The number of nitrogens with zero attached hydrogens (tertiary/aromatic N) is 4. The number of aryl methyl sites for hydroxylation is 1. The van der Waals surface area contributed by atoms with E-state index in [1.807, 2.05) is 16.4 Å². The lowest BCUT2D eigenvalue weighted by molar-refractivity contribution is -0.144. The maximum absolute atomic E-state index is 12.4. The van der Waals surface area contributed by atoms with Gasteiger partial charge in [0.15, 0.2) is 0 Å². The molecule has 0 bridgehead atoms. The van der Waals surface area contributed by atoms with Gasteiger partial charge in [-0.25, -0.2) is 17.7 Å². The first kappa shape index (κ1) is 19.8. The van der Waals surface area contributed by atoms with Gasteiger partial charge in [-0.15, -0.1) is 0 Å². The van der Waals surface area contributed by atoms with Gasteiger partial charge < -0.3 is 9.67 Å². The maximum atomic E-state index is 12.4. The lowest BCUT2D eigenvalue weighted by atomic mass is 10.0. The molecule has 0 radical (unpaired) electrons. The summed E-state index contributed by atoms with van der Waals surface area (Å²) in [6, 6.07) is 4.46. The number of likely N-dealkylation sites (tertiary alicyclic amines) is 1. The van der Waals surface area contributed by atoms with Gasteiger partial charge in [-0.2, -0.15) is 0 Å². The molecule has 1 aromatic carbocycles. The number of imidazole rings is 1. The van der Waals surface area contributed by atoms with Crippen molar-refractivity contribution in [3.8, 4) is 0 Å². The SMILES string of the molecule is CCn1c(CN2CCCCC2C(=O)O)nc2cc(S(=O)(=O)N(C)C)ccc21. The minimum Gasteiger partial charge on any atom is -0.480 e. The van der Waals surface area contributed by atoms with Crippen LogP contribution >= 0.6 is 0 Å². The van der Waals surface area contributed by atoms with E-state index in [1.54, 1.807) is 18.2 Å². The molecular weight excluding hydrogens is 368 g/mol. The molecule has 1 aliphatic heterocycles. The molecule has 9 heteroatoms. The number of hydrogen-bond donors (Lipinski definition) is 1. The fourth-order valence-electron chi connectivity index (χ4n) is 3.65. The first-order chi connectivity index (χ1) is 12.8. The summed E-state index contributed by atoms with van der Waals surface area (Å²) in [5.74, 6) is -0.0340. The Labute approximate surface area is 159 Å². The van der Waals surface area contributed by atoms with E-state index < -0.39 is 22.0 Å². The maximum Gasteiger partial charge on any atom is 0.320 e. The highest BCUT2D eigenvalue weighted by atomic mass is 32.2. The monoisotopic (exact) mass is 394 g/mol. The van der Waals surface area contributed by atoms with Gasteiger partial charge in [0, 0.05) is 20.6 Å². The van der Waals surface area contributed by atoms with Crippen LogP contribution in [0.4, 0.5) is 0 Å². The highest BCUT2D eigenvalue weighted by molar-refractivity contribution is 7.89. The van der Waals surface area contributed by atoms with Crippen LogP contribution in [0, 0.1) is 0 Å². The zero-order chi connectivity index (χ0) is 19.8. The van der Waals surface area contributed by atoms with E-state index in [0.29, 0.717) is 25.0 Å². The Morgan fingerprint density at radius 2 is 2.07 bits per heavy atom. The minimum absolute atomic E-state index is 0.202. The highest BCUT2D eigenvalue weighted by Crippen LogP contribution is 2.25. The van der Waals surface area contributed by atoms with Crippen LogP contribution in [0.1, 0.15) is 32.0 Å². The summed E-state index contributed by atoms with van der Waals surface area (Å²) in [4.78, 5) is 18.4. The lowest BCUT2D eigenvalue weighted by Gasteiger charge is -2.32. The van der Waals surface area contributed by atoms with Gasteiger partial charge in [0.2, 0.25) is 10.0 Å². The van der Waals surface area contributed by atoms with Crippen LogP contribution in [0.5, 0.6) is 0 Å². The highest BCUT2D eigenvalue weighted by Gasteiger charge is 2.29. The van der Waals surface area contributed by atoms with Crippen molar-refractivity contribution in [2.24, 2.45) is 0 Å². The summed E-state index contributed by atoms with van der Waals surface area (Å²) < 4.78 is 28.0. The number of hydrogen-bond acceptors (Lipinski definition) is 5. The van der Waals surface area contributed by atoms with Crippen molar-refractivity contribution in [2.45, 2.75) is 50.2 Å². The fourth-order valence-corrected chi connectivity index (χ4v) is 4.57. The molecule has 1 aliphatic rings. The first-order valence-corrected chi connectivity index (χ1v) is 10.6. The second-order valence-electron chi connectivity index (χ2n) is 7.03. The average Bonchev–Trinajstić information content (AvgIpc) is 2.97. The lowest BCUT2D eigenvalue weighted by Crippen LogP contribution is -2.44.